The summed E-state index contributed by atoms with van der Waals surface area (Å²) in [4.78, 5) is 28.3. The molecule has 3 rings (SSSR count). The number of carboxylic acids is 1. The first kappa shape index (κ1) is 12.4. The number of hydrogen-bond acceptors (Lipinski definition) is 4. The van der Waals surface area contributed by atoms with Crippen LogP contribution >= 0.6 is 0 Å². The zero-order chi connectivity index (χ0) is 14.4. The van der Waals surface area contributed by atoms with Gasteiger partial charge in [0.15, 0.2) is 0 Å². The van der Waals surface area contributed by atoms with Crippen molar-refractivity contribution in [2.45, 2.75) is 13.3 Å². The molecule has 0 unspecified atom stereocenters. The second kappa shape index (κ2) is 4.19. The zero-order valence-electron chi connectivity index (χ0n) is 11.0. The Kier molecular flexibility index (Phi) is 2.60. The van der Waals surface area contributed by atoms with E-state index in [9.17, 15) is 9.59 Å². The van der Waals surface area contributed by atoms with Gasteiger partial charge in [-0.3, -0.25) is 4.79 Å². The molecule has 6 nitrogen and oxygen atoms in total. The number of aryl methyl sites for hydroxylation is 1. The predicted molar refractivity (Wildman–Crippen MR) is 70.7 cm³/mol. The lowest BCUT2D eigenvalue weighted by Gasteiger charge is -2.09. The number of carbonyl (C=O) groups excluding carboxylic acids is 1. The summed E-state index contributed by atoms with van der Waals surface area (Å²) < 4.78 is 5.27. The molecule has 2 aromatic rings. The summed E-state index contributed by atoms with van der Waals surface area (Å²) in [5.41, 5.74) is 2.76. The average Bonchev–Trinajstić information content (AvgIpc) is 2.91. The van der Waals surface area contributed by atoms with E-state index in [1.165, 1.54) is 0 Å². The Hall–Kier alpha value is -2.63. The van der Waals surface area contributed by atoms with Crippen LogP contribution in [0.2, 0.25) is 0 Å². The quantitative estimate of drug-likeness (QED) is 0.902. The van der Waals surface area contributed by atoms with Crippen molar-refractivity contribution in [1.29, 1.82) is 0 Å². The van der Waals surface area contributed by atoms with E-state index in [0.717, 1.165) is 11.3 Å². The van der Waals surface area contributed by atoms with Crippen molar-refractivity contribution >= 4 is 17.6 Å². The van der Waals surface area contributed by atoms with Gasteiger partial charge in [-0.05, 0) is 30.7 Å². The Morgan fingerprint density at radius 1 is 1.45 bits per heavy atom. The summed E-state index contributed by atoms with van der Waals surface area (Å²) in [6.45, 7) is 1.58. The smallest absolute Gasteiger partial charge is 0.373 e. The highest BCUT2D eigenvalue weighted by Crippen LogP contribution is 2.32. The molecular formula is C14H12N2O4. The molecule has 20 heavy (non-hydrogen) atoms. The van der Waals surface area contributed by atoms with Gasteiger partial charge < -0.3 is 14.4 Å². The van der Waals surface area contributed by atoms with Crippen LogP contribution in [0.3, 0.4) is 0 Å². The number of likely N-dealkylation sites (N-methyl/N-ethyl adjacent to an activating group) is 1. The Balaban J connectivity index is 2.05. The number of carbonyl (C=O) groups is 2. The van der Waals surface area contributed by atoms with E-state index in [4.69, 9.17) is 9.52 Å². The van der Waals surface area contributed by atoms with Crippen LogP contribution in [0.15, 0.2) is 22.6 Å². The molecule has 1 N–H and O–H groups in total. The lowest BCUT2D eigenvalue weighted by molar-refractivity contribution is -0.117. The topological polar surface area (TPSA) is 83.6 Å². The van der Waals surface area contributed by atoms with Crippen LogP contribution in [-0.2, 0) is 11.2 Å². The molecule has 1 aromatic carbocycles. The van der Waals surface area contributed by atoms with Gasteiger partial charge >= 0.3 is 5.97 Å². The summed E-state index contributed by atoms with van der Waals surface area (Å²) in [5.74, 6) is -1.01. The van der Waals surface area contributed by atoms with E-state index in [-0.39, 0.29) is 17.6 Å². The van der Waals surface area contributed by atoms with Gasteiger partial charge in [-0.25, -0.2) is 9.78 Å². The van der Waals surface area contributed by atoms with Crippen molar-refractivity contribution in [2.75, 3.05) is 11.9 Å². The SMILES string of the molecule is Cc1nc(-c2ccc3c(c2)CC(=O)N3C)oc1C(=O)O. The van der Waals surface area contributed by atoms with Crippen molar-refractivity contribution in [2.24, 2.45) is 0 Å². The molecule has 0 spiro atoms. The van der Waals surface area contributed by atoms with Gasteiger partial charge in [0.05, 0.1) is 12.1 Å². The van der Waals surface area contributed by atoms with Crippen molar-refractivity contribution in [3.05, 3.63) is 35.2 Å². The number of benzene rings is 1. The van der Waals surface area contributed by atoms with E-state index in [1.807, 2.05) is 12.1 Å². The molecule has 1 amide bonds. The lowest BCUT2D eigenvalue weighted by Crippen LogP contribution is -2.20. The Morgan fingerprint density at radius 2 is 2.20 bits per heavy atom. The number of aromatic nitrogens is 1. The van der Waals surface area contributed by atoms with Crippen LogP contribution in [0.4, 0.5) is 5.69 Å². The number of rotatable bonds is 2. The molecule has 0 bridgehead atoms. The molecule has 1 aliphatic rings. The fourth-order valence-electron chi connectivity index (χ4n) is 2.32. The minimum absolute atomic E-state index is 0.0342. The maximum absolute atomic E-state index is 11.6. The van der Waals surface area contributed by atoms with E-state index in [2.05, 4.69) is 4.98 Å². The molecule has 0 radical (unpaired) electrons. The van der Waals surface area contributed by atoms with Crippen LogP contribution in [0.5, 0.6) is 0 Å². The standard InChI is InChI=1S/C14H12N2O4/c1-7-12(14(18)19)20-13(15-7)8-3-4-10-9(5-8)6-11(17)16(10)2/h3-5H,6H2,1-2H3,(H,18,19). The van der Waals surface area contributed by atoms with Gasteiger partial charge in [-0.1, -0.05) is 0 Å². The zero-order valence-corrected chi connectivity index (χ0v) is 11.0. The molecule has 102 valence electrons. The summed E-state index contributed by atoms with van der Waals surface area (Å²) in [7, 11) is 1.73. The molecule has 0 atom stereocenters. The Morgan fingerprint density at radius 3 is 2.85 bits per heavy atom. The van der Waals surface area contributed by atoms with Crippen LogP contribution in [-0.4, -0.2) is 29.0 Å². The molecule has 1 aromatic heterocycles. The van der Waals surface area contributed by atoms with Gasteiger partial charge in [0, 0.05) is 18.3 Å². The third-order valence-corrected chi connectivity index (χ3v) is 3.39. The van der Waals surface area contributed by atoms with E-state index in [0.29, 0.717) is 17.7 Å². The number of fused-ring (bicyclic) bond motifs is 1. The average molecular weight is 272 g/mol. The maximum atomic E-state index is 11.6. The maximum Gasteiger partial charge on any atom is 0.373 e. The molecule has 0 saturated heterocycles. The number of carboxylic acid groups (broad SMARTS) is 1. The van der Waals surface area contributed by atoms with Gasteiger partial charge in [0.25, 0.3) is 0 Å². The second-order valence-corrected chi connectivity index (χ2v) is 4.71. The highest BCUT2D eigenvalue weighted by Gasteiger charge is 2.25. The first-order valence-electron chi connectivity index (χ1n) is 6.08. The van der Waals surface area contributed by atoms with Crippen LogP contribution in [0.1, 0.15) is 21.8 Å². The summed E-state index contributed by atoms with van der Waals surface area (Å²) in [5, 5.41) is 8.97. The number of hydrogen-bond donors (Lipinski definition) is 1. The minimum Gasteiger partial charge on any atom is -0.475 e. The summed E-state index contributed by atoms with van der Waals surface area (Å²) in [6, 6.07) is 5.40. The molecule has 0 fully saturated rings. The molecule has 0 aliphatic carbocycles. The van der Waals surface area contributed by atoms with E-state index >= 15 is 0 Å². The third-order valence-electron chi connectivity index (χ3n) is 3.39. The van der Waals surface area contributed by atoms with Crippen LogP contribution in [0, 0.1) is 6.92 Å². The molecule has 1 aliphatic heterocycles. The number of aromatic carboxylic acids is 1. The summed E-state index contributed by atoms with van der Waals surface area (Å²) >= 11 is 0. The molecule has 0 saturated carbocycles. The van der Waals surface area contributed by atoms with Crippen molar-refractivity contribution < 1.29 is 19.1 Å². The number of oxazole rings is 1. The highest BCUT2D eigenvalue weighted by atomic mass is 16.4. The minimum atomic E-state index is -1.14. The number of anilines is 1. The third kappa shape index (κ3) is 1.77. The Bertz CT molecular complexity index is 733. The first-order valence-corrected chi connectivity index (χ1v) is 6.08. The normalized spacial score (nSPS) is 13.7. The van der Waals surface area contributed by atoms with Gasteiger partial charge in [0.1, 0.15) is 0 Å². The van der Waals surface area contributed by atoms with Gasteiger partial charge in [0.2, 0.25) is 17.6 Å². The van der Waals surface area contributed by atoms with Crippen molar-refractivity contribution in [1.82, 2.24) is 4.98 Å². The lowest BCUT2D eigenvalue weighted by atomic mass is 10.1. The molecule has 6 heteroatoms. The van der Waals surface area contributed by atoms with Gasteiger partial charge in [-0.15, -0.1) is 0 Å². The van der Waals surface area contributed by atoms with Crippen LogP contribution in [0.25, 0.3) is 11.5 Å². The predicted octanol–water partition coefficient (Wildman–Crippen LogP) is 1.87. The molecular weight excluding hydrogens is 260 g/mol. The summed E-state index contributed by atoms with van der Waals surface area (Å²) in [6.07, 6.45) is 0.338. The molecule has 2 heterocycles. The fraction of sp³-hybridized carbons (Fsp3) is 0.214. The second-order valence-electron chi connectivity index (χ2n) is 4.71. The fourth-order valence-corrected chi connectivity index (χ4v) is 2.32. The first-order chi connectivity index (χ1) is 9.47. The monoisotopic (exact) mass is 272 g/mol. The van der Waals surface area contributed by atoms with Gasteiger partial charge in [-0.2, -0.15) is 0 Å². The van der Waals surface area contributed by atoms with Crippen molar-refractivity contribution in [3.8, 4) is 11.5 Å². The highest BCUT2D eigenvalue weighted by molar-refractivity contribution is 6.01. The van der Waals surface area contributed by atoms with Crippen molar-refractivity contribution in [3.63, 3.8) is 0 Å². The van der Waals surface area contributed by atoms with Crippen LogP contribution < -0.4 is 4.90 Å². The number of amides is 1. The van der Waals surface area contributed by atoms with E-state index in [1.54, 1.807) is 24.9 Å². The number of nitrogens with zero attached hydrogens (tertiary/aromatic N) is 2. The Labute approximate surface area is 114 Å². The largest absolute Gasteiger partial charge is 0.475 e. The van der Waals surface area contributed by atoms with E-state index < -0.39 is 5.97 Å².